The van der Waals surface area contributed by atoms with Crippen LogP contribution in [0, 0.1) is 10.1 Å². The van der Waals surface area contributed by atoms with E-state index in [1.807, 2.05) is 36.4 Å². The highest BCUT2D eigenvalue weighted by atomic mass is 16.6. The molecule has 0 heterocycles. The molecule has 5 heteroatoms. The van der Waals surface area contributed by atoms with Crippen molar-refractivity contribution in [1.82, 2.24) is 5.32 Å². The molecule has 104 valence electrons. The van der Waals surface area contributed by atoms with E-state index in [1.54, 1.807) is 6.07 Å². The average molecular weight is 272 g/mol. The van der Waals surface area contributed by atoms with E-state index in [1.165, 1.54) is 12.1 Å². The Balaban J connectivity index is 2.03. The zero-order chi connectivity index (χ0) is 14.4. The van der Waals surface area contributed by atoms with Gasteiger partial charge in [-0.25, -0.2) is 0 Å². The maximum absolute atomic E-state index is 10.7. The van der Waals surface area contributed by atoms with Crippen LogP contribution in [0.3, 0.4) is 0 Å². The van der Waals surface area contributed by atoms with E-state index in [-0.39, 0.29) is 18.3 Å². The molecule has 20 heavy (non-hydrogen) atoms. The molecule has 2 N–H and O–H groups in total. The van der Waals surface area contributed by atoms with Crippen molar-refractivity contribution in [3.05, 3.63) is 75.8 Å². The van der Waals surface area contributed by atoms with Crippen molar-refractivity contribution in [2.24, 2.45) is 0 Å². The highest BCUT2D eigenvalue weighted by Gasteiger charge is 2.10. The molecule has 0 amide bonds. The molecular weight excluding hydrogens is 256 g/mol. The lowest BCUT2D eigenvalue weighted by Crippen LogP contribution is -2.23. The molecule has 0 aliphatic carbocycles. The molecule has 0 unspecified atom stereocenters. The average Bonchev–Trinajstić information content (AvgIpc) is 2.49. The first-order chi connectivity index (χ1) is 9.70. The van der Waals surface area contributed by atoms with E-state index in [4.69, 9.17) is 0 Å². The highest BCUT2D eigenvalue weighted by molar-refractivity contribution is 5.34. The summed E-state index contributed by atoms with van der Waals surface area (Å²) in [4.78, 5) is 10.3. The number of non-ortho nitro benzene ring substituents is 1. The van der Waals surface area contributed by atoms with Crippen molar-refractivity contribution in [2.75, 3.05) is 6.61 Å². The van der Waals surface area contributed by atoms with Gasteiger partial charge in [-0.3, -0.25) is 10.1 Å². The van der Waals surface area contributed by atoms with E-state index in [2.05, 4.69) is 5.32 Å². The fraction of sp³-hybridized carbons (Fsp3) is 0.200. The van der Waals surface area contributed by atoms with Crippen molar-refractivity contribution in [3.8, 4) is 0 Å². The van der Waals surface area contributed by atoms with Crippen LogP contribution in [0.4, 0.5) is 5.69 Å². The molecule has 0 fully saturated rings. The van der Waals surface area contributed by atoms with Gasteiger partial charge in [0.05, 0.1) is 17.6 Å². The molecule has 0 saturated carbocycles. The number of aliphatic hydroxyl groups excluding tert-OH is 1. The van der Waals surface area contributed by atoms with Crippen molar-refractivity contribution in [3.63, 3.8) is 0 Å². The summed E-state index contributed by atoms with van der Waals surface area (Å²) in [5, 5.41) is 23.3. The Hall–Kier alpha value is -2.24. The lowest BCUT2D eigenvalue weighted by Gasteiger charge is -2.16. The molecule has 0 aliphatic rings. The highest BCUT2D eigenvalue weighted by Crippen LogP contribution is 2.15. The Morgan fingerprint density at radius 1 is 1.15 bits per heavy atom. The summed E-state index contributed by atoms with van der Waals surface area (Å²) in [7, 11) is 0. The van der Waals surface area contributed by atoms with Crippen LogP contribution < -0.4 is 5.32 Å². The molecule has 2 aromatic rings. The van der Waals surface area contributed by atoms with Gasteiger partial charge in [-0.15, -0.1) is 0 Å². The number of aliphatic hydroxyl groups is 1. The van der Waals surface area contributed by atoms with E-state index >= 15 is 0 Å². The predicted molar refractivity (Wildman–Crippen MR) is 76.2 cm³/mol. The van der Waals surface area contributed by atoms with Gasteiger partial charge in [0.2, 0.25) is 0 Å². The summed E-state index contributed by atoms with van der Waals surface area (Å²) < 4.78 is 0. The van der Waals surface area contributed by atoms with Crippen molar-refractivity contribution in [2.45, 2.75) is 12.6 Å². The number of benzene rings is 2. The lowest BCUT2D eigenvalue weighted by molar-refractivity contribution is -0.384. The van der Waals surface area contributed by atoms with Gasteiger partial charge in [0.25, 0.3) is 5.69 Å². The zero-order valence-electron chi connectivity index (χ0n) is 10.9. The third kappa shape index (κ3) is 3.63. The Labute approximate surface area is 117 Å². The van der Waals surface area contributed by atoms with E-state index in [9.17, 15) is 15.2 Å². The molecular formula is C15H16N2O3. The van der Waals surface area contributed by atoms with Gasteiger partial charge >= 0.3 is 0 Å². The summed E-state index contributed by atoms with van der Waals surface area (Å²) in [6.45, 7) is 0.431. The number of nitro groups is 1. The summed E-state index contributed by atoms with van der Waals surface area (Å²) in [5.74, 6) is 0. The van der Waals surface area contributed by atoms with Gasteiger partial charge < -0.3 is 10.4 Å². The van der Waals surface area contributed by atoms with Crippen LogP contribution in [-0.2, 0) is 6.54 Å². The molecule has 0 spiro atoms. The van der Waals surface area contributed by atoms with Crippen molar-refractivity contribution < 1.29 is 10.0 Å². The molecule has 0 saturated heterocycles. The zero-order valence-corrected chi connectivity index (χ0v) is 10.9. The molecule has 0 aliphatic heterocycles. The number of nitro benzene ring substituents is 1. The van der Waals surface area contributed by atoms with Crippen molar-refractivity contribution >= 4 is 5.69 Å². The third-order valence-corrected chi connectivity index (χ3v) is 3.06. The number of hydrogen-bond acceptors (Lipinski definition) is 4. The van der Waals surface area contributed by atoms with Gasteiger partial charge in [0, 0.05) is 18.7 Å². The molecule has 1 atom stereocenters. The van der Waals surface area contributed by atoms with E-state index in [0.717, 1.165) is 11.1 Å². The Morgan fingerprint density at radius 2 is 1.90 bits per heavy atom. The SMILES string of the molecule is O=[N+]([O-])c1cccc(CN[C@@H](CO)c2ccccc2)c1. The Morgan fingerprint density at radius 3 is 2.55 bits per heavy atom. The van der Waals surface area contributed by atoms with Gasteiger partial charge in [-0.1, -0.05) is 42.5 Å². The van der Waals surface area contributed by atoms with Gasteiger partial charge in [0.1, 0.15) is 0 Å². The molecule has 0 radical (unpaired) electrons. The predicted octanol–water partition coefficient (Wildman–Crippen LogP) is 2.42. The van der Waals surface area contributed by atoms with Gasteiger partial charge in [-0.05, 0) is 11.1 Å². The number of rotatable bonds is 6. The van der Waals surface area contributed by atoms with Crippen LogP contribution in [0.5, 0.6) is 0 Å². The second-order valence-electron chi connectivity index (χ2n) is 4.45. The minimum absolute atomic E-state index is 0.0288. The van der Waals surface area contributed by atoms with E-state index < -0.39 is 4.92 Å². The van der Waals surface area contributed by atoms with Crippen molar-refractivity contribution in [1.29, 1.82) is 0 Å². The maximum Gasteiger partial charge on any atom is 0.269 e. The topological polar surface area (TPSA) is 75.4 Å². The smallest absolute Gasteiger partial charge is 0.269 e. The van der Waals surface area contributed by atoms with Crippen LogP contribution in [0.2, 0.25) is 0 Å². The molecule has 2 rings (SSSR count). The number of hydrogen-bond donors (Lipinski definition) is 2. The van der Waals surface area contributed by atoms with Gasteiger partial charge in [-0.2, -0.15) is 0 Å². The standard InChI is InChI=1S/C15H16N2O3/c18-11-15(13-6-2-1-3-7-13)16-10-12-5-4-8-14(9-12)17(19)20/h1-9,15-16,18H,10-11H2/t15-/m0/s1. The Bertz CT molecular complexity index is 572. The summed E-state index contributed by atoms with van der Waals surface area (Å²) in [6, 6.07) is 15.9. The fourth-order valence-corrected chi connectivity index (χ4v) is 1.99. The minimum Gasteiger partial charge on any atom is -0.394 e. The van der Waals surface area contributed by atoms with Crippen LogP contribution in [0.15, 0.2) is 54.6 Å². The quantitative estimate of drug-likeness (QED) is 0.625. The van der Waals surface area contributed by atoms with Crippen LogP contribution >= 0.6 is 0 Å². The molecule has 2 aromatic carbocycles. The first-order valence-corrected chi connectivity index (χ1v) is 6.33. The monoisotopic (exact) mass is 272 g/mol. The molecule has 5 nitrogen and oxygen atoms in total. The molecule has 0 bridgehead atoms. The summed E-state index contributed by atoms with van der Waals surface area (Å²) in [5.41, 5.74) is 1.87. The normalized spacial score (nSPS) is 12.1. The summed E-state index contributed by atoms with van der Waals surface area (Å²) >= 11 is 0. The Kier molecular flexibility index (Phi) is 4.81. The van der Waals surface area contributed by atoms with Crippen LogP contribution in [-0.4, -0.2) is 16.6 Å². The lowest BCUT2D eigenvalue weighted by atomic mass is 10.1. The minimum atomic E-state index is -0.412. The first-order valence-electron chi connectivity index (χ1n) is 6.33. The maximum atomic E-state index is 10.7. The van der Waals surface area contributed by atoms with E-state index in [0.29, 0.717) is 6.54 Å². The van der Waals surface area contributed by atoms with Crippen LogP contribution in [0.1, 0.15) is 17.2 Å². The number of nitrogens with one attached hydrogen (secondary N) is 1. The molecule has 0 aromatic heterocycles. The largest absolute Gasteiger partial charge is 0.394 e. The summed E-state index contributed by atoms with van der Waals surface area (Å²) in [6.07, 6.45) is 0. The fourth-order valence-electron chi connectivity index (χ4n) is 1.99. The third-order valence-electron chi connectivity index (χ3n) is 3.06. The second-order valence-corrected chi connectivity index (χ2v) is 4.45. The second kappa shape index (κ2) is 6.79. The van der Waals surface area contributed by atoms with Gasteiger partial charge in [0.15, 0.2) is 0 Å². The first kappa shape index (κ1) is 14.2. The van der Waals surface area contributed by atoms with Crippen LogP contribution in [0.25, 0.3) is 0 Å². The number of nitrogens with zero attached hydrogens (tertiary/aromatic N) is 1.